The molecule has 0 heterocycles. The van der Waals surface area contributed by atoms with Gasteiger partial charge in [-0.3, -0.25) is 0 Å². The Hall–Kier alpha value is -0.290. The average molecular weight is 296 g/mol. The van der Waals surface area contributed by atoms with Crippen LogP contribution >= 0.6 is 23.2 Å². The summed E-state index contributed by atoms with van der Waals surface area (Å²) in [5.74, 6) is 0.0685. The Morgan fingerprint density at radius 1 is 1.35 bits per heavy atom. The van der Waals surface area contributed by atoms with E-state index in [0.29, 0.717) is 10.0 Å². The van der Waals surface area contributed by atoms with E-state index in [4.69, 9.17) is 23.2 Å². The standard InChI is InChI=1S/C11H15Cl2NO2S/c1-4-17(15,16)14(3)8(2)10-6-5-9(12)7-11(10)13/h5-8H,4H2,1-3H3. The second-order valence-corrected chi connectivity index (χ2v) is 6.92. The SMILES string of the molecule is CCS(=O)(=O)N(C)C(C)c1ccc(Cl)cc1Cl. The van der Waals surface area contributed by atoms with E-state index in [1.165, 1.54) is 4.31 Å². The zero-order valence-electron chi connectivity index (χ0n) is 9.94. The molecule has 0 N–H and O–H groups in total. The minimum absolute atomic E-state index is 0.0685. The van der Waals surface area contributed by atoms with Gasteiger partial charge in [0.15, 0.2) is 0 Å². The number of nitrogens with zero attached hydrogens (tertiary/aromatic N) is 1. The van der Waals surface area contributed by atoms with Crippen molar-refractivity contribution < 1.29 is 8.42 Å². The molecule has 0 aliphatic heterocycles. The largest absolute Gasteiger partial charge is 0.214 e. The van der Waals surface area contributed by atoms with Crippen LogP contribution in [-0.2, 0) is 10.0 Å². The van der Waals surface area contributed by atoms with E-state index in [0.717, 1.165) is 5.56 Å². The van der Waals surface area contributed by atoms with Gasteiger partial charge in [0, 0.05) is 23.1 Å². The number of hydrogen-bond acceptors (Lipinski definition) is 2. The van der Waals surface area contributed by atoms with Crippen molar-refractivity contribution in [3.05, 3.63) is 33.8 Å². The van der Waals surface area contributed by atoms with Crippen LogP contribution in [0, 0.1) is 0 Å². The molecule has 0 aliphatic rings. The van der Waals surface area contributed by atoms with Gasteiger partial charge in [0.2, 0.25) is 10.0 Å². The topological polar surface area (TPSA) is 37.4 Å². The monoisotopic (exact) mass is 295 g/mol. The Labute approximate surface area is 112 Å². The third kappa shape index (κ3) is 3.35. The van der Waals surface area contributed by atoms with Gasteiger partial charge in [0.05, 0.1) is 5.75 Å². The molecule has 0 saturated carbocycles. The van der Waals surface area contributed by atoms with Crippen LogP contribution in [0.1, 0.15) is 25.5 Å². The van der Waals surface area contributed by atoms with E-state index in [1.54, 1.807) is 39.1 Å². The summed E-state index contributed by atoms with van der Waals surface area (Å²) < 4.78 is 24.8. The first-order valence-corrected chi connectivity index (χ1v) is 7.56. The maximum Gasteiger partial charge on any atom is 0.214 e. The second-order valence-electron chi connectivity index (χ2n) is 3.76. The lowest BCUT2D eigenvalue weighted by Crippen LogP contribution is -2.31. The molecule has 0 aliphatic carbocycles. The molecule has 0 bridgehead atoms. The molecule has 6 heteroatoms. The van der Waals surface area contributed by atoms with Crippen LogP contribution in [0.2, 0.25) is 10.0 Å². The third-order valence-corrected chi connectivity index (χ3v) is 5.25. The Kier molecular flexibility index (Phi) is 4.84. The molecule has 1 atom stereocenters. The summed E-state index contributed by atoms with van der Waals surface area (Å²) in [5.41, 5.74) is 0.746. The Morgan fingerprint density at radius 2 is 1.94 bits per heavy atom. The van der Waals surface area contributed by atoms with Gasteiger partial charge in [0.25, 0.3) is 0 Å². The molecule has 0 radical (unpaired) electrons. The quantitative estimate of drug-likeness (QED) is 0.854. The summed E-state index contributed by atoms with van der Waals surface area (Å²) in [6.45, 7) is 3.41. The van der Waals surface area contributed by atoms with Crippen molar-refractivity contribution >= 4 is 33.2 Å². The second kappa shape index (κ2) is 5.57. The van der Waals surface area contributed by atoms with Gasteiger partial charge in [0.1, 0.15) is 0 Å². The number of halogens is 2. The summed E-state index contributed by atoms with van der Waals surface area (Å²) in [6, 6.07) is 4.74. The van der Waals surface area contributed by atoms with Gasteiger partial charge in [-0.25, -0.2) is 8.42 Å². The van der Waals surface area contributed by atoms with Crippen molar-refractivity contribution in [1.82, 2.24) is 4.31 Å². The van der Waals surface area contributed by atoms with Gasteiger partial charge in [-0.15, -0.1) is 0 Å². The summed E-state index contributed by atoms with van der Waals surface area (Å²) in [4.78, 5) is 0. The predicted octanol–water partition coefficient (Wildman–Crippen LogP) is 3.34. The van der Waals surface area contributed by atoms with Gasteiger partial charge in [-0.2, -0.15) is 4.31 Å². The van der Waals surface area contributed by atoms with Crippen molar-refractivity contribution in [3.63, 3.8) is 0 Å². The van der Waals surface area contributed by atoms with Crippen LogP contribution in [0.3, 0.4) is 0 Å². The van der Waals surface area contributed by atoms with Crippen molar-refractivity contribution in [3.8, 4) is 0 Å². The van der Waals surface area contributed by atoms with Crippen LogP contribution in [0.4, 0.5) is 0 Å². The van der Waals surface area contributed by atoms with Crippen molar-refractivity contribution in [2.45, 2.75) is 19.9 Å². The minimum atomic E-state index is -3.23. The Morgan fingerprint density at radius 3 is 2.41 bits per heavy atom. The lowest BCUT2D eigenvalue weighted by Gasteiger charge is -2.24. The highest BCUT2D eigenvalue weighted by molar-refractivity contribution is 7.89. The maximum absolute atomic E-state index is 11.7. The zero-order valence-corrected chi connectivity index (χ0v) is 12.3. The number of rotatable bonds is 4. The highest BCUT2D eigenvalue weighted by atomic mass is 35.5. The molecule has 1 aromatic rings. The molecular weight excluding hydrogens is 281 g/mol. The highest BCUT2D eigenvalue weighted by Crippen LogP contribution is 2.30. The summed E-state index contributed by atoms with van der Waals surface area (Å²) in [6.07, 6.45) is 0. The number of hydrogen-bond donors (Lipinski definition) is 0. The van der Waals surface area contributed by atoms with E-state index < -0.39 is 10.0 Å². The number of benzene rings is 1. The van der Waals surface area contributed by atoms with E-state index in [9.17, 15) is 8.42 Å². The first-order chi connectivity index (χ1) is 7.79. The minimum Gasteiger partial charge on any atom is -0.212 e. The van der Waals surface area contributed by atoms with Gasteiger partial charge in [-0.05, 0) is 31.5 Å². The van der Waals surface area contributed by atoms with Gasteiger partial charge >= 0.3 is 0 Å². The molecule has 0 fully saturated rings. The fourth-order valence-corrected chi connectivity index (χ4v) is 3.05. The molecule has 1 aromatic carbocycles. The van der Waals surface area contributed by atoms with E-state index in [-0.39, 0.29) is 11.8 Å². The molecule has 17 heavy (non-hydrogen) atoms. The fourth-order valence-electron chi connectivity index (χ4n) is 1.48. The first-order valence-electron chi connectivity index (χ1n) is 5.20. The van der Waals surface area contributed by atoms with E-state index >= 15 is 0 Å². The van der Waals surface area contributed by atoms with Crippen molar-refractivity contribution in [2.24, 2.45) is 0 Å². The lowest BCUT2D eigenvalue weighted by molar-refractivity contribution is 0.399. The van der Waals surface area contributed by atoms with Gasteiger partial charge in [-0.1, -0.05) is 29.3 Å². The lowest BCUT2D eigenvalue weighted by atomic mass is 10.1. The van der Waals surface area contributed by atoms with Crippen LogP contribution in [0.5, 0.6) is 0 Å². The van der Waals surface area contributed by atoms with Gasteiger partial charge < -0.3 is 0 Å². The molecule has 0 saturated heterocycles. The summed E-state index contributed by atoms with van der Waals surface area (Å²) in [7, 11) is -1.68. The summed E-state index contributed by atoms with van der Waals surface area (Å²) in [5, 5.41) is 1.01. The molecule has 0 spiro atoms. The Balaban J connectivity index is 3.09. The zero-order chi connectivity index (χ0) is 13.2. The average Bonchev–Trinajstić information content (AvgIpc) is 2.27. The molecule has 96 valence electrons. The number of sulfonamides is 1. The third-order valence-electron chi connectivity index (χ3n) is 2.76. The van der Waals surface area contributed by atoms with Crippen LogP contribution < -0.4 is 0 Å². The van der Waals surface area contributed by atoms with E-state index in [1.807, 2.05) is 0 Å². The summed E-state index contributed by atoms with van der Waals surface area (Å²) >= 11 is 11.9. The molecular formula is C11H15Cl2NO2S. The highest BCUT2D eigenvalue weighted by Gasteiger charge is 2.23. The molecule has 1 unspecified atom stereocenters. The fraction of sp³-hybridized carbons (Fsp3) is 0.455. The van der Waals surface area contributed by atoms with Crippen molar-refractivity contribution in [2.75, 3.05) is 12.8 Å². The molecule has 0 aromatic heterocycles. The van der Waals surface area contributed by atoms with Crippen molar-refractivity contribution in [1.29, 1.82) is 0 Å². The normalized spacial score (nSPS) is 14.0. The molecule has 3 nitrogen and oxygen atoms in total. The van der Waals surface area contributed by atoms with Crippen LogP contribution in [-0.4, -0.2) is 25.5 Å². The van der Waals surface area contributed by atoms with Crippen LogP contribution in [0.15, 0.2) is 18.2 Å². The molecule has 0 amide bonds. The van der Waals surface area contributed by atoms with E-state index in [2.05, 4.69) is 0 Å². The van der Waals surface area contributed by atoms with Crippen LogP contribution in [0.25, 0.3) is 0 Å². The predicted molar refractivity (Wildman–Crippen MR) is 72.1 cm³/mol. The first kappa shape index (κ1) is 14.8. The smallest absolute Gasteiger partial charge is 0.212 e. The molecule has 1 rings (SSSR count). The Bertz CT molecular complexity index is 502. The maximum atomic E-state index is 11.7.